The summed E-state index contributed by atoms with van der Waals surface area (Å²) in [4.78, 5) is 25.1. The van der Waals surface area contributed by atoms with Gasteiger partial charge >= 0.3 is 5.97 Å². The van der Waals surface area contributed by atoms with E-state index in [1.807, 2.05) is 27.7 Å². The fourth-order valence-electron chi connectivity index (χ4n) is 4.08. The molecule has 0 saturated heterocycles. The molecule has 0 aliphatic carbocycles. The molecule has 1 aromatic heterocycles. The van der Waals surface area contributed by atoms with Gasteiger partial charge in [0, 0.05) is 5.56 Å². The summed E-state index contributed by atoms with van der Waals surface area (Å²) in [5.74, 6) is -0.913. The fraction of sp³-hybridized carbons (Fsp3) is 0.310. The molecule has 9 nitrogen and oxygen atoms in total. The predicted octanol–water partition coefficient (Wildman–Crippen LogP) is 5.28. The maximum absolute atomic E-state index is 13.5. The molecule has 0 bridgehead atoms. The number of ether oxygens (including phenoxy) is 2. The molecule has 4 rings (SSSR count). The number of aromatic nitrogens is 2. The molecule has 1 heterocycles. The van der Waals surface area contributed by atoms with Crippen LogP contribution in [-0.4, -0.2) is 36.2 Å². The maximum Gasteiger partial charge on any atom is 0.306 e. The van der Waals surface area contributed by atoms with Crippen LogP contribution in [0.25, 0.3) is 11.0 Å². The molecule has 40 heavy (non-hydrogen) atoms. The van der Waals surface area contributed by atoms with Crippen LogP contribution < -0.4 is 9.46 Å². The topological polar surface area (TPSA) is 125 Å². The highest BCUT2D eigenvalue weighted by atomic mass is 32.2. The molecule has 0 fully saturated rings. The average molecular weight is 582 g/mol. The second kappa shape index (κ2) is 11.7. The van der Waals surface area contributed by atoms with E-state index in [1.54, 1.807) is 54.6 Å². The molecular weight excluding hydrogens is 550 g/mol. The molecule has 0 radical (unpaired) electrons. The van der Waals surface area contributed by atoms with Crippen molar-refractivity contribution in [3.05, 3.63) is 83.4 Å². The van der Waals surface area contributed by atoms with Crippen LogP contribution in [0.5, 0.6) is 5.75 Å². The molecule has 11 heteroatoms. The fourth-order valence-corrected chi connectivity index (χ4v) is 5.58. The Balaban J connectivity index is 1.60. The van der Waals surface area contributed by atoms with Gasteiger partial charge in [-0.15, -0.1) is 0 Å². The van der Waals surface area contributed by atoms with Crippen LogP contribution in [0, 0.1) is 0 Å². The van der Waals surface area contributed by atoms with Crippen molar-refractivity contribution >= 4 is 44.7 Å². The SMILES string of the molecule is COC(=O)CC(C)c1ccc(OC(C(=O)NS(=O)(=O)c2ccc(C(C)(C)C)cc2)c2ccc3nsnc3c2)cc1. The smallest absolute Gasteiger partial charge is 0.306 e. The molecule has 0 spiro atoms. The van der Waals surface area contributed by atoms with Crippen LogP contribution in [0.15, 0.2) is 71.6 Å². The number of methoxy groups -OCH3 is 1. The van der Waals surface area contributed by atoms with E-state index >= 15 is 0 Å². The molecule has 1 N–H and O–H groups in total. The van der Waals surface area contributed by atoms with Crippen molar-refractivity contribution in [3.63, 3.8) is 0 Å². The lowest BCUT2D eigenvalue weighted by molar-refractivity contribution is -0.141. The second-order valence-electron chi connectivity index (χ2n) is 10.5. The van der Waals surface area contributed by atoms with Crippen LogP contribution in [-0.2, 0) is 29.8 Å². The Morgan fingerprint density at radius 3 is 2.17 bits per heavy atom. The summed E-state index contributed by atoms with van der Waals surface area (Å²) in [7, 11) is -2.84. The van der Waals surface area contributed by atoms with Crippen LogP contribution >= 0.6 is 11.7 Å². The Labute approximate surface area is 237 Å². The Kier molecular flexibility index (Phi) is 8.55. The first-order valence-corrected chi connectivity index (χ1v) is 14.8. The number of nitrogens with one attached hydrogen (secondary N) is 1. The number of amides is 1. The van der Waals surface area contributed by atoms with Crippen molar-refractivity contribution < 1.29 is 27.5 Å². The highest BCUT2D eigenvalue weighted by molar-refractivity contribution is 7.90. The van der Waals surface area contributed by atoms with Gasteiger partial charge in [0.05, 0.1) is 30.2 Å². The average Bonchev–Trinajstić information content (AvgIpc) is 3.39. The number of rotatable bonds is 9. The van der Waals surface area contributed by atoms with Gasteiger partial charge in [-0.05, 0) is 58.9 Å². The third-order valence-electron chi connectivity index (χ3n) is 6.49. The standard InChI is InChI=1S/C29H31N3O6S2/c1-18(16-26(33)37-5)19-6-11-22(12-7-19)38-27(20-8-15-24-25(17-20)31-39-30-24)28(34)32-40(35,36)23-13-9-21(10-14-23)29(2,3)4/h6-15,17-18,27H,16H2,1-5H3,(H,32,34). The number of sulfonamides is 1. The van der Waals surface area contributed by atoms with Gasteiger partial charge in [0.1, 0.15) is 16.8 Å². The van der Waals surface area contributed by atoms with Gasteiger partial charge in [0.2, 0.25) is 6.10 Å². The molecule has 4 aromatic rings. The lowest BCUT2D eigenvalue weighted by Crippen LogP contribution is -2.37. The minimum Gasteiger partial charge on any atom is -0.476 e. The zero-order valence-corrected chi connectivity index (χ0v) is 24.5. The minimum absolute atomic E-state index is 0.0318. The number of fused-ring (bicyclic) bond motifs is 1. The van der Waals surface area contributed by atoms with Crippen LogP contribution in [0.4, 0.5) is 0 Å². The van der Waals surface area contributed by atoms with Crippen LogP contribution in [0.3, 0.4) is 0 Å². The summed E-state index contributed by atoms with van der Waals surface area (Å²) < 4.78 is 47.7. The number of carbonyl (C=O) groups excluding carboxylic acids is 2. The summed E-state index contributed by atoms with van der Waals surface area (Å²) in [6.45, 7) is 7.99. The third kappa shape index (κ3) is 6.83. The number of hydrogen-bond acceptors (Lipinski definition) is 9. The first-order valence-electron chi connectivity index (χ1n) is 12.6. The Morgan fingerprint density at radius 2 is 1.55 bits per heavy atom. The summed E-state index contributed by atoms with van der Waals surface area (Å²) >= 11 is 1.04. The lowest BCUT2D eigenvalue weighted by Gasteiger charge is -2.21. The number of esters is 1. The second-order valence-corrected chi connectivity index (χ2v) is 12.7. The normalized spacial score (nSPS) is 13.4. The highest BCUT2D eigenvalue weighted by Gasteiger charge is 2.29. The van der Waals surface area contributed by atoms with E-state index in [9.17, 15) is 18.0 Å². The molecule has 1 amide bonds. The largest absolute Gasteiger partial charge is 0.476 e. The van der Waals surface area contributed by atoms with Gasteiger partial charge in [-0.25, -0.2) is 13.1 Å². The Morgan fingerprint density at radius 1 is 0.925 bits per heavy atom. The molecular formula is C29H31N3O6S2. The molecule has 0 aliphatic rings. The zero-order chi connectivity index (χ0) is 29.1. The predicted molar refractivity (Wildman–Crippen MR) is 153 cm³/mol. The van der Waals surface area contributed by atoms with Gasteiger partial charge in [0.15, 0.2) is 0 Å². The summed E-state index contributed by atoms with van der Waals surface area (Å²) in [6.07, 6.45) is -1.08. The van der Waals surface area contributed by atoms with Crippen molar-refractivity contribution in [1.29, 1.82) is 0 Å². The van der Waals surface area contributed by atoms with E-state index in [-0.39, 0.29) is 28.6 Å². The van der Waals surface area contributed by atoms with E-state index < -0.39 is 22.0 Å². The first-order chi connectivity index (χ1) is 18.9. The van der Waals surface area contributed by atoms with Gasteiger partial charge in [0.25, 0.3) is 15.9 Å². The van der Waals surface area contributed by atoms with Crippen molar-refractivity contribution in [2.45, 2.75) is 56.4 Å². The van der Waals surface area contributed by atoms with Gasteiger partial charge in [-0.3, -0.25) is 9.59 Å². The number of hydrogen-bond donors (Lipinski definition) is 1. The van der Waals surface area contributed by atoms with Gasteiger partial charge in [-0.1, -0.05) is 58.0 Å². The first kappa shape index (κ1) is 29.2. The quantitative estimate of drug-likeness (QED) is 0.265. The van der Waals surface area contributed by atoms with Crippen molar-refractivity contribution in [2.24, 2.45) is 0 Å². The van der Waals surface area contributed by atoms with Crippen molar-refractivity contribution in [3.8, 4) is 5.75 Å². The van der Waals surface area contributed by atoms with Crippen molar-refractivity contribution in [1.82, 2.24) is 13.5 Å². The van der Waals surface area contributed by atoms with E-state index in [1.165, 1.54) is 19.2 Å². The monoisotopic (exact) mass is 581 g/mol. The summed E-state index contributed by atoms with van der Waals surface area (Å²) in [6, 6.07) is 18.4. The van der Waals surface area contributed by atoms with E-state index in [0.717, 1.165) is 22.9 Å². The number of nitrogens with zero attached hydrogens (tertiary/aromatic N) is 2. The number of carbonyl (C=O) groups is 2. The van der Waals surface area contributed by atoms with Gasteiger partial charge in [-0.2, -0.15) is 8.75 Å². The molecule has 3 aromatic carbocycles. The molecule has 2 atom stereocenters. The highest BCUT2D eigenvalue weighted by Crippen LogP contribution is 2.29. The van der Waals surface area contributed by atoms with Crippen LogP contribution in [0.1, 0.15) is 62.8 Å². The molecule has 0 saturated carbocycles. The van der Waals surface area contributed by atoms with E-state index in [0.29, 0.717) is 22.3 Å². The molecule has 0 aliphatic heterocycles. The van der Waals surface area contributed by atoms with Crippen LogP contribution in [0.2, 0.25) is 0 Å². The summed E-state index contributed by atoms with van der Waals surface area (Å²) in [5, 5.41) is 0. The molecule has 2 unspecified atom stereocenters. The Hall–Kier alpha value is -3.83. The van der Waals surface area contributed by atoms with Crippen molar-refractivity contribution in [2.75, 3.05) is 7.11 Å². The zero-order valence-electron chi connectivity index (χ0n) is 22.9. The minimum atomic E-state index is -4.18. The Bertz CT molecular complexity index is 1610. The van der Waals surface area contributed by atoms with E-state index in [2.05, 4.69) is 13.5 Å². The van der Waals surface area contributed by atoms with E-state index in [4.69, 9.17) is 9.47 Å². The summed E-state index contributed by atoms with van der Waals surface area (Å²) in [5.41, 5.74) is 3.34. The van der Waals surface area contributed by atoms with Gasteiger partial charge < -0.3 is 9.47 Å². The number of benzene rings is 3. The maximum atomic E-state index is 13.5. The third-order valence-corrected chi connectivity index (χ3v) is 8.41. The molecule has 210 valence electrons. The lowest BCUT2D eigenvalue weighted by atomic mass is 9.87.